The highest BCUT2D eigenvalue weighted by molar-refractivity contribution is 7.90. The molecule has 3 unspecified atom stereocenters. The van der Waals surface area contributed by atoms with E-state index in [9.17, 15) is 13.2 Å². The van der Waals surface area contributed by atoms with Gasteiger partial charge in [-0.3, -0.25) is 4.79 Å². The predicted molar refractivity (Wildman–Crippen MR) is 130 cm³/mol. The molecule has 5 fully saturated rings. The van der Waals surface area contributed by atoms with E-state index in [1.807, 2.05) is 24.3 Å². The van der Waals surface area contributed by atoms with Crippen LogP contribution in [-0.2, 0) is 30.9 Å². The maximum Gasteiger partial charge on any atom is 0.239 e. The molecule has 3 saturated carbocycles. The minimum absolute atomic E-state index is 0.0338. The van der Waals surface area contributed by atoms with Crippen LogP contribution in [-0.4, -0.2) is 55.8 Å². The zero-order valence-electron chi connectivity index (χ0n) is 21.2. The van der Waals surface area contributed by atoms with E-state index in [4.69, 9.17) is 14.2 Å². The Morgan fingerprint density at radius 2 is 1.94 bits per heavy atom. The maximum absolute atomic E-state index is 13.8. The molecule has 3 aliphatic carbocycles. The highest BCUT2D eigenvalue weighted by Gasteiger charge is 2.73. The zero-order valence-corrected chi connectivity index (χ0v) is 22.0. The van der Waals surface area contributed by atoms with Crippen LogP contribution >= 0.6 is 0 Å². The number of rotatable bonds is 6. The lowest BCUT2D eigenvalue weighted by Crippen LogP contribution is -2.49. The van der Waals surface area contributed by atoms with Crippen molar-refractivity contribution in [1.29, 1.82) is 0 Å². The Hall–Kier alpha value is -1.64. The molecule has 7 nitrogen and oxygen atoms in total. The van der Waals surface area contributed by atoms with Gasteiger partial charge in [-0.1, -0.05) is 32.9 Å². The maximum atomic E-state index is 13.8. The molecule has 35 heavy (non-hydrogen) atoms. The monoisotopic (exact) mass is 503 g/mol. The van der Waals surface area contributed by atoms with Gasteiger partial charge >= 0.3 is 0 Å². The van der Waals surface area contributed by atoms with Crippen molar-refractivity contribution in [1.82, 2.24) is 4.31 Å². The fraction of sp³-hybridized carbons (Fsp3) is 0.741. The molecule has 5 aliphatic rings. The lowest BCUT2D eigenvalue weighted by Gasteiger charge is -2.38. The summed E-state index contributed by atoms with van der Waals surface area (Å²) in [6.07, 6.45) is 4.06. The fourth-order valence-electron chi connectivity index (χ4n) is 8.18. The molecular formula is C27H37NO6S. The van der Waals surface area contributed by atoms with Crippen molar-refractivity contribution in [3.05, 3.63) is 29.8 Å². The van der Waals surface area contributed by atoms with E-state index in [1.54, 1.807) is 7.11 Å². The molecule has 0 radical (unpaired) electrons. The number of carbonyl (C=O) groups is 1. The summed E-state index contributed by atoms with van der Waals surface area (Å²) in [5, 5.41) is 0. The lowest BCUT2D eigenvalue weighted by atomic mass is 9.68. The van der Waals surface area contributed by atoms with E-state index in [1.165, 1.54) is 4.31 Å². The van der Waals surface area contributed by atoms with E-state index in [0.717, 1.165) is 30.6 Å². The molecule has 2 aliphatic heterocycles. The summed E-state index contributed by atoms with van der Waals surface area (Å²) in [5.41, 5.74) is 0.410. The molecule has 1 amide bonds. The lowest BCUT2D eigenvalue weighted by molar-refractivity contribution is -0.136. The number of carbonyl (C=O) groups excluding carboxylic acids is 1. The second kappa shape index (κ2) is 7.68. The summed E-state index contributed by atoms with van der Waals surface area (Å²) >= 11 is 0. The minimum Gasteiger partial charge on any atom is -0.497 e. The van der Waals surface area contributed by atoms with E-state index < -0.39 is 10.0 Å². The van der Waals surface area contributed by atoms with E-state index in [-0.39, 0.29) is 52.1 Å². The third-order valence-corrected chi connectivity index (χ3v) is 12.4. The molecule has 7 atom stereocenters. The van der Waals surface area contributed by atoms with Gasteiger partial charge in [0, 0.05) is 11.3 Å². The highest BCUT2D eigenvalue weighted by atomic mass is 32.2. The van der Waals surface area contributed by atoms with E-state index in [2.05, 4.69) is 20.8 Å². The average molecular weight is 504 g/mol. The third-order valence-electron chi connectivity index (χ3n) is 10.4. The van der Waals surface area contributed by atoms with Crippen molar-refractivity contribution in [3.8, 4) is 5.75 Å². The number of ether oxygens (including phenoxy) is 3. The van der Waals surface area contributed by atoms with Crippen LogP contribution in [0.4, 0.5) is 0 Å². The Labute approximate surface area is 208 Å². The van der Waals surface area contributed by atoms with Gasteiger partial charge in [0.05, 0.1) is 38.2 Å². The molecule has 2 heterocycles. The SMILES string of the molecule is COc1ccc(COC[C@]23C[C@H](C)[C@@H](C(=O)N4C5CC6CCC5(CS4(=O)=O)C6(C)C)C[C@H]2O3)cc1. The summed E-state index contributed by atoms with van der Waals surface area (Å²) < 4.78 is 45.4. The standard InChI is InChI=1S/C27H37NO6S/c1-17-13-27(15-33-14-18-5-7-20(32-4)8-6-18)23(34-27)12-21(17)24(29)28-22-11-19-9-10-26(22,25(19,2)3)16-35(28,30)31/h5-8,17,19,21-23H,9-16H2,1-4H3/t17-,19?,21-,22?,23+,26?,27+/m0/s1. The summed E-state index contributed by atoms with van der Waals surface area (Å²) in [6, 6.07) is 7.64. The van der Waals surface area contributed by atoms with Crippen molar-refractivity contribution in [2.75, 3.05) is 19.5 Å². The minimum atomic E-state index is -3.59. The molecule has 8 heteroatoms. The van der Waals surface area contributed by atoms with Crippen LogP contribution in [0.25, 0.3) is 0 Å². The van der Waals surface area contributed by atoms with Gasteiger partial charge in [-0.2, -0.15) is 0 Å². The number of methoxy groups -OCH3 is 1. The number of amides is 1. The van der Waals surface area contributed by atoms with Crippen LogP contribution < -0.4 is 4.74 Å². The molecule has 0 N–H and O–H groups in total. The van der Waals surface area contributed by atoms with Gasteiger partial charge in [0.2, 0.25) is 15.9 Å². The van der Waals surface area contributed by atoms with E-state index >= 15 is 0 Å². The molecule has 1 aromatic carbocycles. The van der Waals surface area contributed by atoms with Gasteiger partial charge in [-0.05, 0) is 67.1 Å². The van der Waals surface area contributed by atoms with Gasteiger partial charge in [-0.25, -0.2) is 12.7 Å². The molecule has 2 saturated heterocycles. The number of hydrogen-bond acceptors (Lipinski definition) is 6. The first-order valence-electron chi connectivity index (χ1n) is 13.0. The molecule has 1 spiro atoms. The van der Waals surface area contributed by atoms with Crippen molar-refractivity contribution < 1.29 is 27.4 Å². The first-order valence-corrected chi connectivity index (χ1v) is 14.6. The number of fused-ring (bicyclic) bond motifs is 2. The van der Waals surface area contributed by atoms with Crippen molar-refractivity contribution in [3.63, 3.8) is 0 Å². The van der Waals surface area contributed by atoms with Gasteiger partial charge in [0.15, 0.2) is 0 Å². The van der Waals surface area contributed by atoms with Crippen molar-refractivity contribution >= 4 is 15.9 Å². The van der Waals surface area contributed by atoms with Crippen molar-refractivity contribution in [2.45, 2.75) is 77.2 Å². The summed E-state index contributed by atoms with van der Waals surface area (Å²) in [7, 11) is -1.95. The molecule has 1 aromatic rings. The Morgan fingerprint density at radius 1 is 1.20 bits per heavy atom. The molecule has 0 aromatic heterocycles. The molecule has 6 rings (SSSR count). The van der Waals surface area contributed by atoms with Crippen LogP contribution in [0, 0.1) is 28.6 Å². The van der Waals surface area contributed by atoms with Gasteiger partial charge in [0.25, 0.3) is 0 Å². The molecule has 2 bridgehead atoms. The number of nitrogens with zero attached hydrogens (tertiary/aromatic N) is 1. The van der Waals surface area contributed by atoms with Gasteiger partial charge in [0.1, 0.15) is 11.4 Å². The third kappa shape index (κ3) is 3.35. The normalized spacial score (nSPS) is 41.9. The van der Waals surface area contributed by atoms with Crippen LogP contribution in [0.2, 0.25) is 0 Å². The zero-order chi connectivity index (χ0) is 24.8. The number of benzene rings is 1. The van der Waals surface area contributed by atoms with Crippen LogP contribution in [0.3, 0.4) is 0 Å². The Bertz CT molecular complexity index is 1130. The number of hydrogen-bond donors (Lipinski definition) is 0. The van der Waals surface area contributed by atoms with Crippen LogP contribution in [0.1, 0.15) is 58.4 Å². The van der Waals surface area contributed by atoms with Crippen LogP contribution in [0.15, 0.2) is 24.3 Å². The second-order valence-electron chi connectivity index (χ2n) is 12.3. The average Bonchev–Trinajstić information content (AvgIpc) is 3.29. The quantitative estimate of drug-likeness (QED) is 0.550. The first kappa shape index (κ1) is 23.7. The highest BCUT2D eigenvalue weighted by Crippen LogP contribution is 2.70. The van der Waals surface area contributed by atoms with Crippen molar-refractivity contribution in [2.24, 2.45) is 28.6 Å². The topological polar surface area (TPSA) is 85.4 Å². The Balaban J connectivity index is 1.11. The Kier molecular flexibility index (Phi) is 5.21. The first-order chi connectivity index (χ1) is 16.5. The molecule has 192 valence electrons. The smallest absolute Gasteiger partial charge is 0.239 e. The van der Waals surface area contributed by atoms with Gasteiger partial charge < -0.3 is 14.2 Å². The number of sulfonamides is 1. The Morgan fingerprint density at radius 3 is 2.63 bits per heavy atom. The summed E-state index contributed by atoms with van der Waals surface area (Å²) in [5.74, 6) is 0.989. The summed E-state index contributed by atoms with van der Waals surface area (Å²) in [6.45, 7) is 7.48. The predicted octanol–water partition coefficient (Wildman–Crippen LogP) is 3.76. The second-order valence-corrected chi connectivity index (χ2v) is 14.1. The summed E-state index contributed by atoms with van der Waals surface area (Å²) in [4.78, 5) is 13.8. The molecular weight excluding hydrogens is 466 g/mol. The largest absolute Gasteiger partial charge is 0.497 e. The fourth-order valence-corrected chi connectivity index (χ4v) is 10.8. The van der Waals surface area contributed by atoms with Gasteiger partial charge in [-0.15, -0.1) is 0 Å². The van der Waals surface area contributed by atoms with E-state index in [0.29, 0.717) is 32.0 Å². The number of epoxide rings is 1. The van der Waals surface area contributed by atoms with Crippen LogP contribution in [0.5, 0.6) is 5.75 Å².